The lowest BCUT2D eigenvalue weighted by molar-refractivity contribution is -0.117. The number of Topliss-reactive ketones (excluding diaryl/α,β-unsaturated/α-hetero) is 1. The van der Waals surface area contributed by atoms with Crippen molar-refractivity contribution in [3.8, 4) is 9.75 Å². The van der Waals surface area contributed by atoms with Crippen LogP contribution < -0.4 is 5.32 Å². The minimum atomic E-state index is -0.175. The number of rotatable bonds is 5. The minimum absolute atomic E-state index is 0.0408. The summed E-state index contributed by atoms with van der Waals surface area (Å²) in [4.78, 5) is 27.2. The molecule has 0 fully saturated rings. The first-order valence-corrected chi connectivity index (χ1v) is 7.70. The Hall–Kier alpha value is -1.46. The molecule has 19 heavy (non-hydrogen) atoms. The number of amides is 1. The maximum atomic E-state index is 11.9. The predicted molar refractivity (Wildman–Crippen MR) is 80.0 cm³/mol. The average Bonchev–Trinajstić information content (AvgIpc) is 3.03. The average molecular weight is 293 g/mol. The van der Waals surface area contributed by atoms with E-state index in [9.17, 15) is 9.59 Å². The molecule has 0 unspecified atom stereocenters. The molecule has 0 saturated carbocycles. The number of hydrogen-bond acceptors (Lipinski definition) is 4. The van der Waals surface area contributed by atoms with Crippen molar-refractivity contribution < 1.29 is 9.59 Å². The van der Waals surface area contributed by atoms with Crippen LogP contribution in [-0.4, -0.2) is 18.2 Å². The Morgan fingerprint density at radius 3 is 2.42 bits per heavy atom. The summed E-state index contributed by atoms with van der Waals surface area (Å²) in [6.07, 6.45) is 0.449. The van der Waals surface area contributed by atoms with E-state index in [0.29, 0.717) is 11.3 Å². The Morgan fingerprint density at radius 2 is 1.79 bits per heavy atom. The summed E-state index contributed by atoms with van der Waals surface area (Å²) >= 11 is 3.17. The van der Waals surface area contributed by atoms with Gasteiger partial charge in [-0.3, -0.25) is 9.59 Å². The van der Waals surface area contributed by atoms with Gasteiger partial charge in [0.15, 0.2) is 5.78 Å². The van der Waals surface area contributed by atoms with Crippen LogP contribution in [0.5, 0.6) is 0 Å². The van der Waals surface area contributed by atoms with E-state index in [1.54, 1.807) is 24.3 Å². The molecule has 1 N–H and O–H groups in total. The molecule has 0 atom stereocenters. The fourth-order valence-electron chi connectivity index (χ4n) is 1.55. The van der Waals surface area contributed by atoms with Crippen molar-refractivity contribution in [2.75, 3.05) is 6.54 Å². The molecular formula is C14H15NO2S2. The minimum Gasteiger partial charge on any atom is -0.344 e. The topological polar surface area (TPSA) is 46.2 Å². The van der Waals surface area contributed by atoms with Gasteiger partial charge >= 0.3 is 0 Å². The Labute approximate surface area is 120 Å². The molecule has 0 aliphatic rings. The quantitative estimate of drug-likeness (QED) is 0.917. The third kappa shape index (κ3) is 3.52. The monoisotopic (exact) mass is 293 g/mol. The number of hydrogen-bond donors (Lipinski definition) is 1. The van der Waals surface area contributed by atoms with Crippen molar-refractivity contribution in [2.24, 2.45) is 0 Å². The zero-order valence-electron chi connectivity index (χ0n) is 10.9. The number of aryl methyl sites for hydroxylation is 1. The lowest BCUT2D eigenvalue weighted by Gasteiger charge is -2.00. The molecule has 2 heterocycles. The van der Waals surface area contributed by atoms with E-state index < -0.39 is 0 Å². The molecular weight excluding hydrogens is 278 g/mol. The van der Waals surface area contributed by atoms with Gasteiger partial charge in [-0.05, 0) is 31.2 Å². The Kier molecular flexibility index (Phi) is 4.50. The van der Waals surface area contributed by atoms with Gasteiger partial charge in [0, 0.05) is 21.1 Å². The van der Waals surface area contributed by atoms with E-state index in [4.69, 9.17) is 0 Å². The molecule has 100 valence electrons. The van der Waals surface area contributed by atoms with Gasteiger partial charge < -0.3 is 5.32 Å². The molecule has 0 radical (unpaired) electrons. The van der Waals surface area contributed by atoms with Gasteiger partial charge in [0.1, 0.15) is 0 Å². The second-order valence-corrected chi connectivity index (χ2v) is 6.52. The summed E-state index contributed by atoms with van der Waals surface area (Å²) in [6.45, 7) is 3.96. The van der Waals surface area contributed by atoms with Gasteiger partial charge in [-0.2, -0.15) is 0 Å². The summed E-state index contributed by atoms with van der Waals surface area (Å²) in [5, 5.41) is 2.64. The van der Waals surface area contributed by atoms with Crippen molar-refractivity contribution in [3.05, 3.63) is 34.0 Å². The van der Waals surface area contributed by atoms with E-state index >= 15 is 0 Å². The van der Waals surface area contributed by atoms with Gasteiger partial charge in [-0.25, -0.2) is 0 Å². The van der Waals surface area contributed by atoms with Crippen LogP contribution in [0, 0.1) is 6.92 Å². The number of thiophene rings is 2. The SMILES string of the molecule is CCC(=O)CNC(=O)c1ccc(-c2ccc(C)s2)s1. The Balaban J connectivity index is 2.04. The molecule has 2 rings (SSSR count). The number of carbonyl (C=O) groups is 2. The van der Waals surface area contributed by atoms with Crippen molar-refractivity contribution >= 4 is 34.4 Å². The van der Waals surface area contributed by atoms with Crippen LogP contribution in [0.15, 0.2) is 24.3 Å². The molecule has 0 aliphatic carbocycles. The molecule has 1 amide bonds. The lowest BCUT2D eigenvalue weighted by atomic mass is 10.3. The smallest absolute Gasteiger partial charge is 0.261 e. The fourth-order valence-corrected chi connectivity index (χ4v) is 3.43. The Morgan fingerprint density at radius 1 is 1.11 bits per heavy atom. The van der Waals surface area contributed by atoms with E-state index in [1.165, 1.54) is 21.1 Å². The maximum absolute atomic E-state index is 11.9. The summed E-state index contributed by atoms with van der Waals surface area (Å²) in [7, 11) is 0. The highest BCUT2D eigenvalue weighted by atomic mass is 32.1. The highest BCUT2D eigenvalue weighted by molar-refractivity contribution is 7.23. The fraction of sp³-hybridized carbons (Fsp3) is 0.286. The largest absolute Gasteiger partial charge is 0.344 e. The van der Waals surface area contributed by atoms with Crippen LogP contribution in [0.3, 0.4) is 0 Å². The lowest BCUT2D eigenvalue weighted by Crippen LogP contribution is -2.28. The van der Waals surface area contributed by atoms with Crippen molar-refractivity contribution in [2.45, 2.75) is 20.3 Å². The normalized spacial score (nSPS) is 10.4. The zero-order chi connectivity index (χ0) is 13.8. The van der Waals surface area contributed by atoms with Gasteiger partial charge in [-0.15, -0.1) is 22.7 Å². The number of carbonyl (C=O) groups excluding carboxylic acids is 2. The second-order valence-electron chi connectivity index (χ2n) is 4.15. The summed E-state index contributed by atoms with van der Waals surface area (Å²) < 4.78 is 0. The molecule has 0 aliphatic heterocycles. The molecule has 5 heteroatoms. The van der Waals surface area contributed by atoms with E-state index in [0.717, 1.165) is 4.88 Å². The highest BCUT2D eigenvalue weighted by Crippen LogP contribution is 2.33. The maximum Gasteiger partial charge on any atom is 0.261 e. The molecule has 3 nitrogen and oxygen atoms in total. The molecule has 0 saturated heterocycles. The summed E-state index contributed by atoms with van der Waals surface area (Å²) in [5.74, 6) is -0.134. The third-order valence-electron chi connectivity index (χ3n) is 2.65. The van der Waals surface area contributed by atoms with Crippen LogP contribution in [-0.2, 0) is 4.79 Å². The van der Waals surface area contributed by atoms with Crippen LogP contribution in [0.4, 0.5) is 0 Å². The highest BCUT2D eigenvalue weighted by Gasteiger charge is 2.11. The third-order valence-corrected chi connectivity index (χ3v) is 4.93. The molecule has 0 aromatic carbocycles. The molecule has 0 bridgehead atoms. The number of nitrogens with one attached hydrogen (secondary N) is 1. The van der Waals surface area contributed by atoms with Crippen LogP contribution in [0.25, 0.3) is 9.75 Å². The molecule has 2 aromatic rings. The first-order valence-electron chi connectivity index (χ1n) is 6.06. The van der Waals surface area contributed by atoms with Gasteiger partial charge in [0.05, 0.1) is 11.4 Å². The van der Waals surface area contributed by atoms with E-state index in [2.05, 4.69) is 24.4 Å². The van der Waals surface area contributed by atoms with Crippen LogP contribution in [0.1, 0.15) is 27.9 Å². The summed E-state index contributed by atoms with van der Waals surface area (Å²) in [5.41, 5.74) is 0. The Bertz CT molecular complexity index is 598. The van der Waals surface area contributed by atoms with E-state index in [1.807, 2.05) is 6.07 Å². The van der Waals surface area contributed by atoms with Crippen molar-refractivity contribution in [3.63, 3.8) is 0 Å². The van der Waals surface area contributed by atoms with Gasteiger partial charge in [0.25, 0.3) is 5.91 Å². The molecule has 0 spiro atoms. The standard InChI is InChI=1S/C14H15NO2S2/c1-3-10(16)8-15-14(17)13-7-6-12(19-13)11-5-4-9(2)18-11/h4-7H,3,8H2,1-2H3,(H,15,17). The van der Waals surface area contributed by atoms with Crippen molar-refractivity contribution in [1.82, 2.24) is 5.32 Å². The van der Waals surface area contributed by atoms with Crippen molar-refractivity contribution in [1.29, 1.82) is 0 Å². The second kappa shape index (κ2) is 6.12. The van der Waals surface area contributed by atoms with Crippen LogP contribution >= 0.6 is 22.7 Å². The van der Waals surface area contributed by atoms with E-state index in [-0.39, 0.29) is 18.2 Å². The first kappa shape index (κ1) is 14.0. The zero-order valence-corrected chi connectivity index (χ0v) is 12.5. The first-order chi connectivity index (χ1) is 9.10. The predicted octanol–water partition coefficient (Wildman–Crippen LogP) is 3.49. The van der Waals surface area contributed by atoms with Gasteiger partial charge in [-0.1, -0.05) is 6.92 Å². The summed E-state index contributed by atoms with van der Waals surface area (Å²) in [6, 6.07) is 7.89. The van der Waals surface area contributed by atoms with Crippen LogP contribution in [0.2, 0.25) is 0 Å². The number of ketones is 1. The van der Waals surface area contributed by atoms with Gasteiger partial charge in [0.2, 0.25) is 0 Å². The molecule has 2 aromatic heterocycles.